The third kappa shape index (κ3) is 1.03. The van der Waals surface area contributed by atoms with Crippen LogP contribution in [0.5, 0.6) is 0 Å². The highest BCUT2D eigenvalue weighted by Crippen LogP contribution is 2.15. The first-order valence-corrected chi connectivity index (χ1v) is 2.98. The van der Waals surface area contributed by atoms with E-state index in [0.717, 1.165) is 5.56 Å². The zero-order chi connectivity index (χ0) is 7.72. The van der Waals surface area contributed by atoms with E-state index < -0.39 is 0 Å². The third-order valence-electron chi connectivity index (χ3n) is 1.26. The fourth-order valence-electron chi connectivity index (χ4n) is 0.856. The van der Waals surface area contributed by atoms with E-state index in [2.05, 4.69) is 0 Å². The summed E-state index contributed by atoms with van der Waals surface area (Å²) in [6.07, 6.45) is 0. The molecule has 1 rings (SSSR count). The van der Waals surface area contributed by atoms with Crippen LogP contribution in [0.1, 0.15) is 23.0 Å². The Balaban J connectivity index is 3.15. The highest BCUT2D eigenvalue weighted by molar-refractivity contribution is 5.93. The molecule has 0 aliphatic heterocycles. The van der Waals surface area contributed by atoms with Gasteiger partial charge in [-0.3, -0.25) is 4.79 Å². The molecule has 0 atom stereocenters. The number of furan rings is 1. The van der Waals surface area contributed by atoms with Gasteiger partial charge in [0.05, 0.1) is 0 Å². The van der Waals surface area contributed by atoms with Gasteiger partial charge >= 0.3 is 0 Å². The summed E-state index contributed by atoms with van der Waals surface area (Å²) < 4.78 is 4.90. The number of ketones is 1. The van der Waals surface area contributed by atoms with Crippen molar-refractivity contribution in [2.24, 2.45) is 0 Å². The van der Waals surface area contributed by atoms with Gasteiger partial charge in [-0.25, -0.2) is 0 Å². The van der Waals surface area contributed by atoms with Crippen molar-refractivity contribution in [3.05, 3.63) is 17.4 Å². The fourth-order valence-corrected chi connectivity index (χ4v) is 0.856. The largest absolute Gasteiger partial charge is 0.438 e. The molecule has 2 N–H and O–H groups in total. The number of carbonyl (C=O) groups excluding carboxylic acids is 1. The van der Waals surface area contributed by atoms with Crippen LogP contribution < -0.4 is 5.73 Å². The molecule has 0 unspecified atom stereocenters. The van der Waals surface area contributed by atoms with E-state index in [1.807, 2.05) is 0 Å². The van der Waals surface area contributed by atoms with Gasteiger partial charge < -0.3 is 10.2 Å². The molecule has 0 aliphatic rings. The van der Waals surface area contributed by atoms with Gasteiger partial charge in [0.15, 0.2) is 17.4 Å². The van der Waals surface area contributed by atoms with E-state index in [1.54, 1.807) is 13.0 Å². The van der Waals surface area contributed by atoms with E-state index in [1.165, 1.54) is 6.92 Å². The van der Waals surface area contributed by atoms with Gasteiger partial charge in [0.25, 0.3) is 0 Å². The van der Waals surface area contributed by atoms with Crippen molar-refractivity contribution in [3.63, 3.8) is 0 Å². The Morgan fingerprint density at radius 2 is 2.30 bits per heavy atom. The summed E-state index contributed by atoms with van der Waals surface area (Å²) in [5, 5.41) is 0. The van der Waals surface area contributed by atoms with E-state index in [0.29, 0.717) is 11.6 Å². The zero-order valence-corrected chi connectivity index (χ0v) is 5.97. The van der Waals surface area contributed by atoms with Gasteiger partial charge in [-0.15, -0.1) is 0 Å². The first kappa shape index (κ1) is 6.86. The average Bonchev–Trinajstić information content (AvgIpc) is 2.10. The van der Waals surface area contributed by atoms with Crippen molar-refractivity contribution in [1.82, 2.24) is 0 Å². The Labute approximate surface area is 58.8 Å². The van der Waals surface area contributed by atoms with Crippen LogP contribution in [0.25, 0.3) is 0 Å². The monoisotopic (exact) mass is 139 g/mol. The number of hydrogen-bond acceptors (Lipinski definition) is 3. The Morgan fingerprint density at radius 3 is 2.50 bits per heavy atom. The summed E-state index contributed by atoms with van der Waals surface area (Å²) in [5.74, 6) is 0.564. The predicted octanol–water partition coefficient (Wildman–Crippen LogP) is 1.37. The van der Waals surface area contributed by atoms with Crippen LogP contribution in [0.3, 0.4) is 0 Å². The smallest absolute Gasteiger partial charge is 0.195 e. The first-order chi connectivity index (χ1) is 4.61. The van der Waals surface area contributed by atoms with Crippen molar-refractivity contribution in [1.29, 1.82) is 0 Å². The lowest BCUT2D eigenvalue weighted by Crippen LogP contribution is -1.90. The number of rotatable bonds is 1. The summed E-state index contributed by atoms with van der Waals surface area (Å²) >= 11 is 0. The van der Waals surface area contributed by atoms with Crippen LogP contribution in [-0.4, -0.2) is 5.78 Å². The summed E-state index contributed by atoms with van der Waals surface area (Å²) in [4.78, 5) is 10.7. The molecule has 0 fully saturated rings. The molecular formula is C7H9NO2. The number of carbonyl (C=O) groups is 1. The van der Waals surface area contributed by atoms with Crippen LogP contribution in [-0.2, 0) is 0 Å². The third-order valence-corrected chi connectivity index (χ3v) is 1.26. The molecular weight excluding hydrogens is 130 g/mol. The maximum absolute atomic E-state index is 10.7. The maximum Gasteiger partial charge on any atom is 0.195 e. The van der Waals surface area contributed by atoms with Crippen LogP contribution >= 0.6 is 0 Å². The highest BCUT2D eigenvalue weighted by Gasteiger charge is 2.08. The predicted molar refractivity (Wildman–Crippen MR) is 37.9 cm³/mol. The number of aryl methyl sites for hydroxylation is 1. The normalized spacial score (nSPS) is 9.80. The molecule has 1 aromatic rings. The molecule has 3 heteroatoms. The van der Waals surface area contributed by atoms with E-state index >= 15 is 0 Å². The molecule has 0 amide bonds. The number of nitrogen functional groups attached to an aromatic ring is 1. The van der Waals surface area contributed by atoms with Crippen molar-refractivity contribution in [3.8, 4) is 0 Å². The van der Waals surface area contributed by atoms with Crippen molar-refractivity contribution < 1.29 is 9.21 Å². The lowest BCUT2D eigenvalue weighted by atomic mass is 10.2. The van der Waals surface area contributed by atoms with Gasteiger partial charge in [-0.2, -0.15) is 0 Å². The van der Waals surface area contributed by atoms with Crippen molar-refractivity contribution in [2.75, 3.05) is 5.73 Å². The van der Waals surface area contributed by atoms with Gasteiger partial charge in [0, 0.05) is 18.6 Å². The van der Waals surface area contributed by atoms with Crippen LogP contribution in [0.15, 0.2) is 10.5 Å². The molecule has 54 valence electrons. The average molecular weight is 139 g/mol. The lowest BCUT2D eigenvalue weighted by molar-refractivity contribution is 0.0987. The first-order valence-electron chi connectivity index (χ1n) is 2.98. The Hall–Kier alpha value is -1.25. The summed E-state index contributed by atoms with van der Waals surface area (Å²) in [6.45, 7) is 3.24. The SMILES string of the molecule is CC(=O)c1oc(N)cc1C. The second kappa shape index (κ2) is 2.17. The van der Waals surface area contributed by atoms with E-state index in [4.69, 9.17) is 10.2 Å². The Morgan fingerprint density at radius 1 is 1.70 bits per heavy atom. The van der Waals surface area contributed by atoms with Crippen molar-refractivity contribution in [2.45, 2.75) is 13.8 Å². The van der Waals surface area contributed by atoms with Gasteiger partial charge in [-0.05, 0) is 6.92 Å². The molecule has 0 aromatic carbocycles. The minimum atomic E-state index is -0.0887. The Kier molecular flexibility index (Phi) is 1.49. The summed E-state index contributed by atoms with van der Waals surface area (Å²) in [7, 11) is 0. The second-order valence-electron chi connectivity index (χ2n) is 2.22. The molecule has 0 bridgehead atoms. The molecule has 0 radical (unpaired) electrons. The quantitative estimate of drug-likeness (QED) is 0.598. The Bertz CT molecular complexity index is 263. The van der Waals surface area contributed by atoms with Crippen LogP contribution in [0.4, 0.5) is 5.88 Å². The lowest BCUT2D eigenvalue weighted by Gasteiger charge is -1.87. The summed E-state index contributed by atoms with van der Waals surface area (Å²) in [6, 6.07) is 1.64. The number of hydrogen-bond donors (Lipinski definition) is 1. The molecule has 1 aromatic heterocycles. The second-order valence-corrected chi connectivity index (χ2v) is 2.22. The van der Waals surface area contributed by atoms with Crippen LogP contribution in [0, 0.1) is 6.92 Å². The molecule has 10 heavy (non-hydrogen) atoms. The van der Waals surface area contributed by atoms with E-state index in [9.17, 15) is 4.79 Å². The molecule has 0 saturated carbocycles. The standard InChI is InChI=1S/C7H9NO2/c1-4-3-6(8)10-7(4)5(2)9/h3H,8H2,1-2H3. The van der Waals surface area contributed by atoms with Gasteiger partial charge in [0.2, 0.25) is 0 Å². The molecule has 3 nitrogen and oxygen atoms in total. The minimum absolute atomic E-state index is 0.0887. The number of nitrogens with two attached hydrogens (primary N) is 1. The maximum atomic E-state index is 10.7. The molecule has 0 spiro atoms. The zero-order valence-electron chi connectivity index (χ0n) is 5.97. The van der Waals surface area contributed by atoms with Gasteiger partial charge in [-0.1, -0.05) is 0 Å². The highest BCUT2D eigenvalue weighted by atomic mass is 16.4. The fraction of sp³-hybridized carbons (Fsp3) is 0.286. The van der Waals surface area contributed by atoms with E-state index in [-0.39, 0.29) is 5.78 Å². The molecule has 0 saturated heterocycles. The number of anilines is 1. The van der Waals surface area contributed by atoms with Crippen LogP contribution in [0.2, 0.25) is 0 Å². The topological polar surface area (TPSA) is 56.2 Å². The minimum Gasteiger partial charge on any atom is -0.438 e. The van der Waals surface area contributed by atoms with Gasteiger partial charge in [0.1, 0.15) is 0 Å². The molecule has 0 aliphatic carbocycles. The number of Topliss-reactive ketones (excluding diaryl/α,β-unsaturated/α-hetero) is 1. The summed E-state index contributed by atoms with van der Waals surface area (Å²) in [5.41, 5.74) is 6.09. The van der Waals surface area contributed by atoms with Crippen molar-refractivity contribution >= 4 is 11.7 Å². The molecule has 1 heterocycles.